The molecule has 0 radical (unpaired) electrons. The minimum absolute atomic E-state index is 0.277. The van der Waals surface area contributed by atoms with E-state index in [0.717, 1.165) is 38.5 Å². The Morgan fingerprint density at radius 3 is 0.786 bits per heavy atom. The molecule has 0 aliphatic rings. The van der Waals surface area contributed by atoms with Crippen molar-refractivity contribution in [2.75, 3.05) is 26.4 Å². The Kier molecular flexibility index (Phi) is 38.8. The van der Waals surface area contributed by atoms with Crippen molar-refractivity contribution in [2.45, 2.75) is 209 Å². The Hall–Kier alpha value is -1.66. The summed E-state index contributed by atoms with van der Waals surface area (Å²) in [5.74, 6) is -1.35. The molecule has 0 N–H and O–H groups in total. The number of unbranched alkanes of at least 4 members (excludes halogenated alkanes) is 4. The second-order valence-electron chi connectivity index (χ2n) is 22.8. The van der Waals surface area contributed by atoms with Crippen LogP contribution in [0, 0.1) is 0 Å². The van der Waals surface area contributed by atoms with Crippen LogP contribution in [0.3, 0.4) is 0 Å². The van der Waals surface area contributed by atoms with Crippen LogP contribution in [0.15, 0.2) is 49.6 Å². The third-order valence-corrected chi connectivity index (χ3v) is 31.6. The van der Waals surface area contributed by atoms with Crippen LogP contribution in [-0.4, -0.2) is 118 Å². The zero-order valence-electron chi connectivity index (χ0n) is 48.6. The highest BCUT2D eigenvalue weighted by Gasteiger charge is 2.51. The number of hydrogen-bond donors (Lipinski definition) is 0. The van der Waals surface area contributed by atoms with Crippen molar-refractivity contribution < 1.29 is 62.8 Å². The van der Waals surface area contributed by atoms with Gasteiger partial charge in [0, 0.05) is 35.4 Å². The summed E-state index contributed by atoms with van der Waals surface area (Å²) in [5.41, 5.74) is 0.889. The van der Waals surface area contributed by atoms with Gasteiger partial charge in [0.25, 0.3) is 0 Å². The van der Waals surface area contributed by atoms with Gasteiger partial charge >= 0.3 is 41.5 Å². The molecule has 0 spiro atoms. The van der Waals surface area contributed by atoms with Crippen molar-refractivity contribution in [3.63, 3.8) is 0 Å². The van der Waals surface area contributed by atoms with Crippen LogP contribution in [0.4, 0.5) is 0 Å². The maximum atomic E-state index is 11.6. The molecule has 412 valence electrons. The van der Waals surface area contributed by atoms with Crippen molar-refractivity contribution in [1.29, 1.82) is 0 Å². The van der Waals surface area contributed by atoms with Crippen LogP contribution < -0.4 is 0 Å². The van der Waals surface area contributed by atoms with Crippen molar-refractivity contribution in [3.05, 3.63) is 49.6 Å². The first-order valence-corrected chi connectivity index (χ1v) is 49.3. The van der Waals surface area contributed by atoms with E-state index in [1.54, 1.807) is 13.8 Å². The Balaban J connectivity index is -0.000000446. The maximum absolute atomic E-state index is 11.6. The van der Waals surface area contributed by atoms with Gasteiger partial charge in [0.2, 0.25) is 0 Å². The lowest BCUT2D eigenvalue weighted by atomic mass is 10.3. The van der Waals surface area contributed by atoms with E-state index in [4.69, 9.17) is 43.6 Å². The smallest absolute Gasteiger partial charge is 0.463 e. The first kappa shape index (κ1) is 74.9. The molecule has 0 bridgehead atoms. The summed E-state index contributed by atoms with van der Waals surface area (Å²) in [6.45, 7) is 61.9. The molecule has 0 aromatic carbocycles. The molecule has 0 aliphatic carbocycles. The van der Waals surface area contributed by atoms with Crippen molar-refractivity contribution in [3.8, 4) is 0 Å². The molecule has 14 nitrogen and oxygen atoms in total. The molecular weight excluding hydrogens is 1030 g/mol. The fourth-order valence-corrected chi connectivity index (χ4v) is 34.8. The van der Waals surface area contributed by atoms with Crippen LogP contribution in [0.2, 0.25) is 130 Å². The van der Waals surface area contributed by atoms with Gasteiger partial charge in [-0.2, -0.15) is 0 Å². The molecule has 0 unspecified atom stereocenters. The zero-order chi connectivity index (χ0) is 55.8. The molecule has 0 aromatic rings. The number of carbonyl (C=O) groups excluding carboxylic acids is 4. The summed E-state index contributed by atoms with van der Waals surface area (Å²) in [7, 11) is -16.8. The van der Waals surface area contributed by atoms with Crippen LogP contribution in [-0.2, 0) is 62.8 Å². The molecule has 0 fully saturated rings. The minimum Gasteiger partial charge on any atom is -0.463 e. The predicted molar refractivity (Wildman–Crippen MR) is 310 cm³/mol. The quantitative estimate of drug-likeness (QED) is 0.0206. The molecule has 0 saturated carbocycles. The molecule has 0 saturated heterocycles. The Bertz CT molecular complexity index is 1470. The summed E-state index contributed by atoms with van der Waals surface area (Å²) in [6.07, 6.45) is 10.1. The van der Waals surface area contributed by atoms with Crippen LogP contribution in [0.25, 0.3) is 0 Å². The van der Waals surface area contributed by atoms with Crippen LogP contribution >= 0.6 is 0 Å². The Labute approximate surface area is 436 Å². The Morgan fingerprint density at radius 1 is 0.371 bits per heavy atom. The third-order valence-electron chi connectivity index (χ3n) is 7.51. The second-order valence-corrected chi connectivity index (χ2v) is 56.8. The zero-order valence-corrected chi connectivity index (χ0v) is 56.6. The molecule has 0 amide bonds. The SMILES string of the molecule is C=C(C)C(=O)OCCCCC.C=C(C)C(=O)OCCC[Si](O[Si](C)(C)C)(O[Si](C)(C)C)O[Si](C)(C)C.C=CC(=O)OCCCCC.C=CC(=O)OCCC[Si](O[Si](C)(C)C)(O[Si](C)(C)C)O[Si](C)(C)C. The first-order valence-electron chi connectivity index (χ1n) is 25.0. The van der Waals surface area contributed by atoms with Crippen LogP contribution in [0.5, 0.6) is 0 Å². The fraction of sp³-hybridized carbons (Fsp3) is 0.750. The van der Waals surface area contributed by atoms with Gasteiger partial charge in [-0.1, -0.05) is 65.8 Å². The van der Waals surface area contributed by atoms with Gasteiger partial charge < -0.3 is 43.6 Å². The molecule has 0 aromatic heterocycles. The largest absolute Gasteiger partial charge is 0.469 e. The molecule has 0 rings (SSSR count). The van der Waals surface area contributed by atoms with Crippen molar-refractivity contribution in [2.24, 2.45) is 0 Å². The van der Waals surface area contributed by atoms with Gasteiger partial charge in [0.1, 0.15) is 0 Å². The van der Waals surface area contributed by atoms with Gasteiger partial charge in [-0.05, 0) is 157 Å². The van der Waals surface area contributed by atoms with Gasteiger partial charge in [0.15, 0.2) is 49.9 Å². The highest BCUT2D eigenvalue weighted by molar-refractivity contribution is 6.91. The highest BCUT2D eigenvalue weighted by Crippen LogP contribution is 2.31. The highest BCUT2D eigenvalue weighted by atomic mass is 28.5. The topological polar surface area (TPSA) is 161 Å². The summed E-state index contributed by atoms with van der Waals surface area (Å²) in [5, 5.41) is 0. The lowest BCUT2D eigenvalue weighted by molar-refractivity contribution is -0.139. The minimum atomic E-state index is -2.83. The number of carbonyl (C=O) groups is 4. The average Bonchev–Trinajstić information content (AvgIpc) is 3.14. The normalized spacial score (nSPS) is 12.3. The average molecular weight is 1130 g/mol. The number of ether oxygens (including phenoxy) is 4. The standard InChI is InChI=1S/C16H38O5Si4.C15H36O5Si4.C9H16O2.C8H14O2/c1-15(2)16(17)18-13-12-14-25(19-22(3,4)5,20-23(6,7)8)21-24(9,10)11;1-11-15(16)17-13-12-14-24(18-21(2,3)4,19-22(5,6)7)20-23(8,9)10;1-4-5-6-7-11-9(10)8(2)3;1-3-5-6-7-10-8(9)4-2/h1,12-14H2,2-11H3;11H,1,12-14H2,2-10H3;2,4-7H2,1,3H3;4H,2-3,5-7H2,1H3. The Morgan fingerprint density at radius 2 is 0.586 bits per heavy atom. The first-order chi connectivity index (χ1) is 31.5. The van der Waals surface area contributed by atoms with E-state index in [9.17, 15) is 19.2 Å². The summed E-state index contributed by atoms with van der Waals surface area (Å²) in [6, 6.07) is 1.35. The number of esters is 4. The summed E-state index contributed by atoms with van der Waals surface area (Å²) in [4.78, 5) is 44.0. The summed E-state index contributed by atoms with van der Waals surface area (Å²) >= 11 is 0. The number of rotatable bonds is 32. The maximum Gasteiger partial charge on any atom is 0.469 e. The second kappa shape index (κ2) is 36.3. The van der Waals surface area contributed by atoms with E-state index >= 15 is 0 Å². The lowest BCUT2D eigenvalue weighted by Gasteiger charge is -2.43. The van der Waals surface area contributed by atoms with E-state index in [1.807, 2.05) is 0 Å². The van der Waals surface area contributed by atoms with Gasteiger partial charge in [-0.25, -0.2) is 19.2 Å². The monoisotopic (exact) mass is 1130 g/mol. The van der Waals surface area contributed by atoms with E-state index in [0.29, 0.717) is 62.5 Å². The van der Waals surface area contributed by atoms with E-state index in [2.05, 4.69) is 158 Å². The van der Waals surface area contributed by atoms with E-state index in [1.165, 1.54) is 12.2 Å². The van der Waals surface area contributed by atoms with Crippen LogP contribution in [0.1, 0.15) is 79.1 Å². The van der Waals surface area contributed by atoms with Gasteiger partial charge in [-0.15, -0.1) is 0 Å². The fourth-order valence-electron chi connectivity index (χ4n) is 5.55. The molecule has 0 atom stereocenters. The van der Waals surface area contributed by atoms with Crippen molar-refractivity contribution >= 4 is 91.4 Å². The lowest BCUT2D eigenvalue weighted by Crippen LogP contribution is -2.60. The molecule has 0 aliphatic heterocycles. The third kappa shape index (κ3) is 51.2. The molecular formula is C48H104O14Si8. The van der Waals surface area contributed by atoms with Gasteiger partial charge in [0.05, 0.1) is 26.4 Å². The van der Waals surface area contributed by atoms with E-state index in [-0.39, 0.29) is 17.9 Å². The molecule has 70 heavy (non-hydrogen) atoms. The molecule has 0 heterocycles. The number of hydrogen-bond acceptors (Lipinski definition) is 14. The van der Waals surface area contributed by atoms with Crippen molar-refractivity contribution in [1.82, 2.24) is 0 Å². The molecule has 22 heteroatoms. The van der Waals surface area contributed by atoms with Gasteiger partial charge in [-0.3, -0.25) is 0 Å². The van der Waals surface area contributed by atoms with E-state index < -0.39 is 73.5 Å². The predicted octanol–water partition coefficient (Wildman–Crippen LogP) is 13.8. The summed E-state index contributed by atoms with van der Waals surface area (Å²) < 4.78 is 59.3.